The zero-order chi connectivity index (χ0) is 18.5. The summed E-state index contributed by atoms with van der Waals surface area (Å²) in [5, 5.41) is 7.87. The number of nitrogens with one attached hydrogen (secondary N) is 1. The lowest BCUT2D eigenvalue weighted by molar-refractivity contribution is 0.254. The molecule has 5 nitrogen and oxygen atoms in total. The highest BCUT2D eigenvalue weighted by atomic mass is 79.9. The number of hydrogen-bond donors (Lipinski definition) is 1. The van der Waals surface area contributed by atoms with Gasteiger partial charge < -0.3 is 9.47 Å². The summed E-state index contributed by atoms with van der Waals surface area (Å²) in [7, 11) is 0. The average molecular weight is 422 g/mol. The topological polar surface area (TPSA) is 50.4 Å². The molecule has 1 N–H and O–H groups in total. The number of aromatic nitrogens is 2. The maximum absolute atomic E-state index is 5.90. The van der Waals surface area contributed by atoms with Crippen LogP contribution in [0.15, 0.2) is 16.6 Å². The van der Waals surface area contributed by atoms with Crippen LogP contribution in [0.3, 0.4) is 0 Å². The molecule has 0 bridgehead atoms. The van der Waals surface area contributed by atoms with E-state index in [2.05, 4.69) is 57.0 Å². The molecule has 1 aromatic carbocycles. The highest BCUT2D eigenvalue weighted by Crippen LogP contribution is 2.41. The summed E-state index contributed by atoms with van der Waals surface area (Å²) < 4.78 is 12.7. The lowest BCUT2D eigenvalue weighted by Crippen LogP contribution is -2.31. The monoisotopic (exact) mass is 421 g/mol. The van der Waals surface area contributed by atoms with Crippen molar-refractivity contribution in [1.29, 1.82) is 0 Å². The summed E-state index contributed by atoms with van der Waals surface area (Å²) in [5.74, 6) is 1.54. The Kier molecular flexibility index (Phi) is 6.59. The van der Waals surface area contributed by atoms with Gasteiger partial charge in [0, 0.05) is 36.3 Å². The van der Waals surface area contributed by atoms with Crippen LogP contribution in [0.5, 0.6) is 11.5 Å². The molecule has 0 saturated carbocycles. The molecule has 142 valence electrons. The Morgan fingerprint density at radius 1 is 1.19 bits per heavy atom. The summed E-state index contributed by atoms with van der Waals surface area (Å²) in [5.41, 5.74) is 4.64. The molecule has 0 spiro atoms. The molecular formula is C20H28BrN3O2. The summed E-state index contributed by atoms with van der Waals surface area (Å²) in [6, 6.07) is 4.14. The fourth-order valence-electron chi connectivity index (χ4n) is 3.41. The van der Waals surface area contributed by atoms with E-state index in [1.54, 1.807) is 0 Å². The van der Waals surface area contributed by atoms with Crippen LogP contribution in [0.4, 0.5) is 0 Å². The second-order valence-electron chi connectivity index (χ2n) is 6.62. The van der Waals surface area contributed by atoms with E-state index in [1.165, 1.54) is 17.7 Å². The second kappa shape index (κ2) is 8.91. The van der Waals surface area contributed by atoms with Crippen LogP contribution in [-0.4, -0.2) is 41.4 Å². The van der Waals surface area contributed by atoms with E-state index < -0.39 is 0 Å². The van der Waals surface area contributed by atoms with Crippen LogP contribution in [-0.2, 0) is 13.0 Å². The molecule has 1 aliphatic rings. The van der Waals surface area contributed by atoms with E-state index in [0.29, 0.717) is 13.2 Å². The number of ether oxygens (including phenoxy) is 2. The number of hydrogen-bond acceptors (Lipinski definition) is 4. The largest absolute Gasteiger partial charge is 0.490 e. The van der Waals surface area contributed by atoms with Gasteiger partial charge in [-0.25, -0.2) is 0 Å². The Hall–Kier alpha value is -1.53. The predicted octanol–water partition coefficient (Wildman–Crippen LogP) is 4.79. The van der Waals surface area contributed by atoms with Crippen molar-refractivity contribution in [1.82, 2.24) is 15.1 Å². The molecule has 0 saturated heterocycles. The normalized spacial score (nSPS) is 14.3. The SMILES string of the molecule is CCCOc1c(Br)cc(-c2n[nH]c3c2CN(CCC)CC3)cc1OCC. The number of rotatable bonds is 8. The molecule has 1 aromatic heterocycles. The molecular weight excluding hydrogens is 394 g/mol. The van der Waals surface area contributed by atoms with Crippen molar-refractivity contribution in [2.75, 3.05) is 26.3 Å². The van der Waals surface area contributed by atoms with Crippen LogP contribution >= 0.6 is 15.9 Å². The minimum Gasteiger partial charge on any atom is -0.490 e. The Balaban J connectivity index is 1.96. The van der Waals surface area contributed by atoms with Gasteiger partial charge in [-0.05, 0) is 54.4 Å². The molecule has 0 aliphatic carbocycles. The molecule has 0 unspecified atom stereocenters. The fourth-order valence-corrected chi connectivity index (χ4v) is 3.97. The standard InChI is InChI=1S/C20H28BrN3O2/c1-4-8-24-9-7-17-15(13-24)19(23-22-17)14-11-16(21)20(26-10-5-2)18(12-14)25-6-3/h11-12H,4-10,13H2,1-3H3,(H,22,23). The summed E-state index contributed by atoms with van der Waals surface area (Å²) in [6.07, 6.45) is 3.16. The van der Waals surface area contributed by atoms with E-state index in [4.69, 9.17) is 9.47 Å². The molecule has 0 fully saturated rings. The Morgan fingerprint density at radius 2 is 2.04 bits per heavy atom. The predicted molar refractivity (Wildman–Crippen MR) is 108 cm³/mol. The van der Waals surface area contributed by atoms with Crippen molar-refractivity contribution in [2.45, 2.75) is 46.6 Å². The molecule has 3 rings (SSSR count). The highest BCUT2D eigenvalue weighted by molar-refractivity contribution is 9.10. The molecule has 0 atom stereocenters. The maximum atomic E-state index is 5.90. The number of fused-ring (bicyclic) bond motifs is 1. The minimum atomic E-state index is 0.599. The van der Waals surface area contributed by atoms with Gasteiger partial charge in [0.1, 0.15) is 0 Å². The fraction of sp³-hybridized carbons (Fsp3) is 0.550. The van der Waals surface area contributed by atoms with Crippen molar-refractivity contribution in [2.24, 2.45) is 0 Å². The van der Waals surface area contributed by atoms with Crippen LogP contribution in [0.1, 0.15) is 44.9 Å². The lowest BCUT2D eigenvalue weighted by atomic mass is 10.0. The molecule has 2 aromatic rings. The van der Waals surface area contributed by atoms with Gasteiger partial charge in [0.25, 0.3) is 0 Å². The molecule has 6 heteroatoms. The smallest absolute Gasteiger partial charge is 0.175 e. The molecule has 2 heterocycles. The van der Waals surface area contributed by atoms with Crippen molar-refractivity contribution in [3.63, 3.8) is 0 Å². The van der Waals surface area contributed by atoms with Gasteiger partial charge >= 0.3 is 0 Å². The first-order valence-corrected chi connectivity index (χ1v) is 10.3. The molecule has 0 radical (unpaired) electrons. The number of benzene rings is 1. The third-order valence-corrected chi connectivity index (χ3v) is 5.17. The van der Waals surface area contributed by atoms with Gasteiger partial charge in [0.2, 0.25) is 0 Å². The van der Waals surface area contributed by atoms with Gasteiger partial charge in [0.15, 0.2) is 11.5 Å². The van der Waals surface area contributed by atoms with Gasteiger partial charge in [0.05, 0.1) is 23.4 Å². The van der Waals surface area contributed by atoms with Crippen LogP contribution in [0.25, 0.3) is 11.3 Å². The first kappa shape index (κ1) is 19.2. The third-order valence-electron chi connectivity index (χ3n) is 4.59. The first-order valence-electron chi connectivity index (χ1n) is 9.55. The van der Waals surface area contributed by atoms with Crippen molar-refractivity contribution >= 4 is 15.9 Å². The van der Waals surface area contributed by atoms with Gasteiger partial charge in [-0.15, -0.1) is 0 Å². The van der Waals surface area contributed by atoms with Gasteiger partial charge in [-0.1, -0.05) is 13.8 Å². The van der Waals surface area contributed by atoms with Crippen LogP contribution in [0, 0.1) is 0 Å². The van der Waals surface area contributed by atoms with E-state index in [1.807, 2.05) is 6.92 Å². The van der Waals surface area contributed by atoms with E-state index in [0.717, 1.165) is 59.7 Å². The summed E-state index contributed by atoms with van der Waals surface area (Å²) >= 11 is 3.66. The van der Waals surface area contributed by atoms with Crippen molar-refractivity contribution in [3.8, 4) is 22.8 Å². The zero-order valence-corrected chi connectivity index (χ0v) is 17.5. The lowest BCUT2D eigenvalue weighted by Gasteiger charge is -2.26. The summed E-state index contributed by atoms with van der Waals surface area (Å²) in [4.78, 5) is 2.50. The van der Waals surface area contributed by atoms with E-state index in [-0.39, 0.29) is 0 Å². The van der Waals surface area contributed by atoms with Gasteiger partial charge in [-0.2, -0.15) is 5.10 Å². The van der Waals surface area contributed by atoms with Crippen molar-refractivity contribution < 1.29 is 9.47 Å². The zero-order valence-electron chi connectivity index (χ0n) is 15.9. The number of halogens is 1. The van der Waals surface area contributed by atoms with Crippen LogP contribution in [0.2, 0.25) is 0 Å². The first-order chi connectivity index (χ1) is 12.7. The van der Waals surface area contributed by atoms with Crippen LogP contribution < -0.4 is 9.47 Å². The highest BCUT2D eigenvalue weighted by Gasteiger charge is 2.23. The molecule has 26 heavy (non-hydrogen) atoms. The maximum Gasteiger partial charge on any atom is 0.175 e. The second-order valence-corrected chi connectivity index (χ2v) is 7.48. The molecule has 1 aliphatic heterocycles. The summed E-state index contributed by atoms with van der Waals surface area (Å²) in [6.45, 7) is 10.8. The quantitative estimate of drug-likeness (QED) is 0.664. The average Bonchev–Trinajstić information content (AvgIpc) is 3.05. The van der Waals surface area contributed by atoms with Crippen molar-refractivity contribution in [3.05, 3.63) is 27.9 Å². The number of H-pyrrole nitrogens is 1. The Morgan fingerprint density at radius 3 is 2.77 bits per heavy atom. The third kappa shape index (κ3) is 4.07. The van der Waals surface area contributed by atoms with E-state index in [9.17, 15) is 0 Å². The minimum absolute atomic E-state index is 0.599. The number of nitrogens with zero attached hydrogens (tertiary/aromatic N) is 2. The van der Waals surface area contributed by atoms with Gasteiger partial charge in [-0.3, -0.25) is 10.00 Å². The number of aromatic amines is 1. The van der Waals surface area contributed by atoms with E-state index >= 15 is 0 Å². The molecule has 0 amide bonds. The Bertz CT molecular complexity index is 745. The Labute approximate surface area is 164 Å².